The summed E-state index contributed by atoms with van der Waals surface area (Å²) in [5.74, 6) is 0. The normalized spacial score (nSPS) is 10.7. The Bertz CT molecular complexity index is 791. The van der Waals surface area contributed by atoms with Gasteiger partial charge in [0.25, 0.3) is 0 Å². The molecule has 0 aliphatic heterocycles. The molecule has 0 saturated carbocycles. The van der Waals surface area contributed by atoms with Crippen LogP contribution in [0.3, 0.4) is 0 Å². The van der Waals surface area contributed by atoms with Gasteiger partial charge in [0.15, 0.2) is 0 Å². The fourth-order valence-corrected chi connectivity index (χ4v) is 3.19. The number of thiazole rings is 1. The molecule has 1 aromatic heterocycles. The van der Waals surface area contributed by atoms with Gasteiger partial charge in [0.05, 0.1) is 11.2 Å². The maximum Gasteiger partial charge on any atom is 0.0811 e. The van der Waals surface area contributed by atoms with E-state index < -0.39 is 0 Å². The third kappa shape index (κ3) is 5.29. The van der Waals surface area contributed by atoms with Crippen LogP contribution in [-0.4, -0.2) is 4.98 Å². The van der Waals surface area contributed by atoms with Crippen LogP contribution in [0, 0.1) is 0 Å². The van der Waals surface area contributed by atoms with Crippen molar-refractivity contribution in [3.05, 3.63) is 76.4 Å². The first-order valence-electron chi connectivity index (χ1n) is 7.75. The van der Waals surface area contributed by atoms with Crippen molar-refractivity contribution in [1.29, 1.82) is 0 Å². The van der Waals surface area contributed by atoms with Gasteiger partial charge in [-0.2, -0.15) is 0 Å². The third-order valence-electron chi connectivity index (χ3n) is 4.01. The van der Waals surface area contributed by atoms with Crippen molar-refractivity contribution in [2.24, 2.45) is 0 Å². The zero-order valence-corrected chi connectivity index (χ0v) is 18.6. The summed E-state index contributed by atoms with van der Waals surface area (Å²) >= 11 is 1.60. The molecular weight excluding hydrogens is 403 g/mol. The molecular formula is C20H23N3SY-2. The van der Waals surface area contributed by atoms with Crippen LogP contribution in [0.25, 0.3) is 34.3 Å². The summed E-state index contributed by atoms with van der Waals surface area (Å²) in [6, 6.07) is 15.1. The average molecular weight is 426 g/mol. The number of nitrogens with two attached hydrogens (primary N) is 1. The smallest absolute Gasteiger partial charge is 0.0811 e. The molecule has 3 nitrogen and oxygen atoms in total. The second-order valence-corrected chi connectivity index (χ2v) is 7.52. The Kier molecular flexibility index (Phi) is 8.10. The molecule has 0 unspecified atom stereocenters. The second kappa shape index (κ2) is 9.15. The molecule has 0 atom stereocenters. The summed E-state index contributed by atoms with van der Waals surface area (Å²) in [5, 5.41) is 2.05. The van der Waals surface area contributed by atoms with Gasteiger partial charge < -0.3 is 11.9 Å². The Hall–Kier alpha value is -0.906. The van der Waals surface area contributed by atoms with E-state index in [0.29, 0.717) is 0 Å². The van der Waals surface area contributed by atoms with E-state index in [1.807, 2.05) is 5.51 Å². The van der Waals surface area contributed by atoms with Crippen molar-refractivity contribution >= 4 is 11.3 Å². The number of hydrogen-bond acceptors (Lipinski definition) is 2. The van der Waals surface area contributed by atoms with E-state index in [9.17, 15) is 0 Å². The van der Waals surface area contributed by atoms with Gasteiger partial charge in [-0.05, 0) is 28.2 Å². The number of nitrogens with one attached hydrogen (secondary N) is 1. The average Bonchev–Trinajstić information content (AvgIpc) is 3.08. The van der Waals surface area contributed by atoms with Crippen molar-refractivity contribution in [3.63, 3.8) is 0 Å². The van der Waals surface area contributed by atoms with E-state index in [1.54, 1.807) is 11.3 Å². The van der Waals surface area contributed by atoms with E-state index in [-0.39, 0.29) is 50.8 Å². The predicted octanol–water partition coefficient (Wildman–Crippen LogP) is 7.04. The Morgan fingerprint density at radius 3 is 2.12 bits per heavy atom. The minimum absolute atomic E-state index is 0. The first-order chi connectivity index (χ1) is 11.0. The fraction of sp³-hybridized carbons (Fsp3) is 0.250. The van der Waals surface area contributed by atoms with Gasteiger partial charge in [-0.1, -0.05) is 62.7 Å². The maximum atomic E-state index is 7.72. The van der Waals surface area contributed by atoms with Crippen LogP contribution >= 0.6 is 11.3 Å². The SMILES string of the molecule is CC(C)(C)c1ccc(-c2cc(C[NH-])cc(-c3cscn3)c2)cc1.[NH2-].[Y]. The Morgan fingerprint density at radius 2 is 1.60 bits per heavy atom. The number of hydrogen-bond donors (Lipinski definition) is 0. The molecule has 25 heavy (non-hydrogen) atoms. The molecule has 2 aromatic carbocycles. The molecule has 1 radical (unpaired) electrons. The molecule has 1 heterocycles. The zero-order chi connectivity index (χ0) is 16.4. The van der Waals surface area contributed by atoms with E-state index in [2.05, 4.69) is 73.6 Å². The monoisotopic (exact) mass is 426 g/mol. The molecule has 3 rings (SSSR count). The Labute approximate surface area is 179 Å². The van der Waals surface area contributed by atoms with Gasteiger partial charge in [0.2, 0.25) is 0 Å². The second-order valence-electron chi connectivity index (χ2n) is 6.80. The molecule has 3 aromatic rings. The maximum absolute atomic E-state index is 7.72. The van der Waals surface area contributed by atoms with Crippen molar-refractivity contribution in [3.8, 4) is 22.4 Å². The molecule has 0 aliphatic carbocycles. The van der Waals surface area contributed by atoms with Crippen molar-refractivity contribution in [2.45, 2.75) is 32.7 Å². The summed E-state index contributed by atoms with van der Waals surface area (Å²) in [7, 11) is 0. The molecule has 0 saturated heterocycles. The molecule has 0 bridgehead atoms. The molecule has 3 N–H and O–H groups in total. The molecule has 0 aliphatic rings. The predicted molar refractivity (Wildman–Crippen MR) is 105 cm³/mol. The number of benzene rings is 2. The topological polar surface area (TPSA) is 70.2 Å². The van der Waals surface area contributed by atoms with Crippen molar-refractivity contribution in [1.82, 2.24) is 4.98 Å². The zero-order valence-electron chi connectivity index (χ0n) is 14.9. The van der Waals surface area contributed by atoms with Gasteiger partial charge in [-0.3, -0.25) is 0 Å². The van der Waals surface area contributed by atoms with Crippen LogP contribution in [-0.2, 0) is 44.7 Å². The van der Waals surface area contributed by atoms with Gasteiger partial charge in [-0.15, -0.1) is 17.9 Å². The number of nitrogens with zero attached hydrogens (tertiary/aromatic N) is 1. The van der Waals surface area contributed by atoms with Crippen LogP contribution in [0.2, 0.25) is 0 Å². The molecule has 0 fully saturated rings. The van der Waals surface area contributed by atoms with E-state index >= 15 is 0 Å². The van der Waals surface area contributed by atoms with Crippen LogP contribution < -0.4 is 0 Å². The quantitative estimate of drug-likeness (QED) is 0.443. The van der Waals surface area contributed by atoms with Crippen LogP contribution in [0.5, 0.6) is 0 Å². The summed E-state index contributed by atoms with van der Waals surface area (Å²) in [4.78, 5) is 4.40. The minimum atomic E-state index is 0. The molecule has 0 amide bonds. The van der Waals surface area contributed by atoms with Crippen LogP contribution in [0.1, 0.15) is 31.9 Å². The minimum Gasteiger partial charge on any atom is -0.693 e. The van der Waals surface area contributed by atoms with E-state index in [4.69, 9.17) is 5.73 Å². The summed E-state index contributed by atoms with van der Waals surface area (Å²) in [6.45, 7) is 6.96. The Morgan fingerprint density at radius 1 is 0.960 bits per heavy atom. The van der Waals surface area contributed by atoms with Gasteiger partial charge in [-0.25, -0.2) is 4.98 Å². The Balaban J connectivity index is 0.00000156. The van der Waals surface area contributed by atoms with Gasteiger partial charge >= 0.3 is 0 Å². The first-order valence-corrected chi connectivity index (χ1v) is 8.70. The van der Waals surface area contributed by atoms with Crippen LogP contribution in [0.15, 0.2) is 53.4 Å². The van der Waals surface area contributed by atoms with Gasteiger partial charge in [0.1, 0.15) is 0 Å². The number of rotatable bonds is 3. The molecule has 129 valence electrons. The molecule has 5 heteroatoms. The standard InChI is InChI=1S/C20H21N2S.H2N.Y/c1-20(2,3)18-6-4-15(5-7-18)16-8-14(11-21)9-17(10-16)19-12-23-13-22-19;;/h4-10,12-13,21H,11H2,1-3H3;1H2;/q2*-1;. The first kappa shape index (κ1) is 22.1. The summed E-state index contributed by atoms with van der Waals surface area (Å²) in [6.07, 6.45) is 0. The largest absolute Gasteiger partial charge is 0.693 e. The summed E-state index contributed by atoms with van der Waals surface area (Å²) in [5.41, 5.74) is 16.5. The van der Waals surface area contributed by atoms with E-state index in [1.165, 1.54) is 11.1 Å². The van der Waals surface area contributed by atoms with Crippen molar-refractivity contribution < 1.29 is 32.7 Å². The van der Waals surface area contributed by atoms with E-state index in [0.717, 1.165) is 22.4 Å². The third-order valence-corrected chi connectivity index (χ3v) is 4.60. The summed E-state index contributed by atoms with van der Waals surface area (Å²) < 4.78 is 0. The van der Waals surface area contributed by atoms with Crippen molar-refractivity contribution in [2.75, 3.05) is 0 Å². The fourth-order valence-electron chi connectivity index (χ4n) is 2.63. The van der Waals surface area contributed by atoms with Gasteiger partial charge in [0, 0.05) is 43.7 Å². The number of aromatic nitrogens is 1. The van der Waals surface area contributed by atoms with Crippen LogP contribution in [0.4, 0.5) is 0 Å². The molecule has 0 spiro atoms.